The Bertz CT molecular complexity index is 767. The maximum Gasteiger partial charge on any atom is 0.256 e. The highest BCUT2D eigenvalue weighted by molar-refractivity contribution is 7.90. The summed E-state index contributed by atoms with van der Waals surface area (Å²) in [6, 6.07) is 13.0. The van der Waals surface area contributed by atoms with Crippen LogP contribution in [0.2, 0.25) is 0 Å². The number of hydrogen-bond acceptors (Lipinski definition) is 4. The summed E-state index contributed by atoms with van der Waals surface area (Å²) in [5.74, 6) is 0.238. The Morgan fingerprint density at radius 1 is 1.09 bits per heavy atom. The summed E-state index contributed by atoms with van der Waals surface area (Å²) in [6.45, 7) is 2.45. The summed E-state index contributed by atoms with van der Waals surface area (Å²) in [5.41, 5.74) is 0.690. The Hall–Kier alpha value is -2.34. The van der Waals surface area contributed by atoms with Crippen molar-refractivity contribution in [2.75, 3.05) is 18.2 Å². The van der Waals surface area contributed by atoms with Gasteiger partial charge in [0.05, 0.1) is 17.1 Å². The first-order chi connectivity index (χ1) is 10.4. The van der Waals surface area contributed by atoms with E-state index in [0.717, 1.165) is 6.26 Å². The minimum Gasteiger partial charge on any atom is -0.494 e. The fraction of sp³-hybridized carbons (Fsp3) is 0.188. The lowest BCUT2D eigenvalue weighted by Crippen LogP contribution is -2.15. The van der Waals surface area contributed by atoms with Crippen LogP contribution < -0.4 is 10.1 Å². The molecule has 1 amide bonds. The molecule has 0 radical (unpaired) electrons. The predicted octanol–water partition coefficient (Wildman–Crippen LogP) is 2.74. The van der Waals surface area contributed by atoms with E-state index in [9.17, 15) is 13.2 Å². The van der Waals surface area contributed by atoms with Crippen LogP contribution in [0.1, 0.15) is 17.3 Å². The molecule has 0 bridgehead atoms. The van der Waals surface area contributed by atoms with Crippen LogP contribution >= 0.6 is 0 Å². The molecule has 0 aliphatic carbocycles. The van der Waals surface area contributed by atoms with Gasteiger partial charge in [0.1, 0.15) is 5.75 Å². The fourth-order valence-corrected chi connectivity index (χ4v) is 2.86. The third-order valence-electron chi connectivity index (χ3n) is 2.95. The SMILES string of the molecule is CCOc1ccc(NC(=O)c2ccccc2S(C)(=O)=O)cc1. The Balaban J connectivity index is 2.23. The van der Waals surface area contributed by atoms with Gasteiger partial charge >= 0.3 is 0 Å². The van der Waals surface area contributed by atoms with Crippen molar-refractivity contribution >= 4 is 21.4 Å². The van der Waals surface area contributed by atoms with E-state index < -0.39 is 15.7 Å². The van der Waals surface area contributed by atoms with Gasteiger partial charge in [0.25, 0.3) is 5.91 Å². The van der Waals surface area contributed by atoms with E-state index in [-0.39, 0.29) is 10.5 Å². The number of hydrogen-bond donors (Lipinski definition) is 1. The van der Waals surface area contributed by atoms with Gasteiger partial charge in [-0.1, -0.05) is 12.1 Å². The molecule has 0 saturated carbocycles. The standard InChI is InChI=1S/C16H17NO4S/c1-3-21-13-10-8-12(9-11-13)17-16(18)14-6-4-5-7-15(14)22(2,19)20/h4-11H,3H2,1-2H3,(H,17,18). The minimum atomic E-state index is -3.47. The fourth-order valence-electron chi connectivity index (χ4n) is 1.98. The normalized spacial score (nSPS) is 11.0. The number of carbonyl (C=O) groups excluding carboxylic acids is 1. The third kappa shape index (κ3) is 3.85. The van der Waals surface area contributed by atoms with Gasteiger partial charge in [-0.2, -0.15) is 0 Å². The van der Waals surface area contributed by atoms with Crippen molar-refractivity contribution in [3.8, 4) is 5.75 Å². The van der Waals surface area contributed by atoms with Gasteiger partial charge < -0.3 is 10.1 Å². The van der Waals surface area contributed by atoms with Crippen LogP contribution in [0.4, 0.5) is 5.69 Å². The second kappa shape index (κ2) is 6.62. The molecule has 22 heavy (non-hydrogen) atoms. The first kappa shape index (κ1) is 16.0. The zero-order valence-electron chi connectivity index (χ0n) is 12.4. The summed E-state index contributed by atoms with van der Waals surface area (Å²) in [4.78, 5) is 12.3. The van der Waals surface area contributed by atoms with E-state index >= 15 is 0 Å². The summed E-state index contributed by atoms with van der Waals surface area (Å²) in [7, 11) is -3.47. The molecule has 0 saturated heterocycles. The molecule has 0 atom stereocenters. The van der Waals surface area contributed by atoms with Gasteiger partial charge in [0.15, 0.2) is 9.84 Å². The molecule has 0 spiro atoms. The van der Waals surface area contributed by atoms with Crippen molar-refractivity contribution in [1.29, 1.82) is 0 Å². The molecule has 2 rings (SSSR count). The molecule has 0 heterocycles. The summed E-state index contributed by atoms with van der Waals surface area (Å²) in [6.07, 6.45) is 1.08. The van der Waals surface area contributed by atoms with Gasteiger partial charge in [-0.05, 0) is 43.3 Å². The molecule has 6 heteroatoms. The largest absolute Gasteiger partial charge is 0.494 e. The van der Waals surface area contributed by atoms with E-state index in [2.05, 4.69) is 5.32 Å². The lowest BCUT2D eigenvalue weighted by atomic mass is 10.2. The first-order valence-corrected chi connectivity index (χ1v) is 8.64. The maximum atomic E-state index is 12.3. The van der Waals surface area contributed by atoms with Crippen molar-refractivity contribution in [3.05, 3.63) is 54.1 Å². The molecule has 1 N–H and O–H groups in total. The maximum absolute atomic E-state index is 12.3. The Morgan fingerprint density at radius 2 is 1.73 bits per heavy atom. The lowest BCUT2D eigenvalue weighted by Gasteiger charge is -2.09. The van der Waals surface area contributed by atoms with Gasteiger partial charge in [-0.15, -0.1) is 0 Å². The van der Waals surface area contributed by atoms with Crippen molar-refractivity contribution in [2.24, 2.45) is 0 Å². The van der Waals surface area contributed by atoms with Gasteiger partial charge in [-0.25, -0.2) is 8.42 Å². The van der Waals surface area contributed by atoms with E-state index in [1.807, 2.05) is 6.92 Å². The smallest absolute Gasteiger partial charge is 0.256 e. The Morgan fingerprint density at radius 3 is 2.32 bits per heavy atom. The van der Waals surface area contributed by atoms with Crippen molar-refractivity contribution in [1.82, 2.24) is 0 Å². The van der Waals surface area contributed by atoms with E-state index in [1.165, 1.54) is 12.1 Å². The molecule has 0 aliphatic rings. The van der Waals surface area contributed by atoms with Crippen LogP contribution in [-0.4, -0.2) is 27.2 Å². The van der Waals surface area contributed by atoms with E-state index in [0.29, 0.717) is 18.0 Å². The molecule has 5 nitrogen and oxygen atoms in total. The number of ether oxygens (including phenoxy) is 1. The average molecular weight is 319 g/mol. The van der Waals surface area contributed by atoms with Crippen LogP contribution in [0.15, 0.2) is 53.4 Å². The highest BCUT2D eigenvalue weighted by Gasteiger charge is 2.18. The number of benzene rings is 2. The van der Waals surface area contributed by atoms with E-state index in [4.69, 9.17) is 4.74 Å². The number of anilines is 1. The Labute approximate surface area is 129 Å². The second-order valence-corrected chi connectivity index (χ2v) is 6.66. The highest BCUT2D eigenvalue weighted by Crippen LogP contribution is 2.19. The molecule has 0 unspecified atom stereocenters. The van der Waals surface area contributed by atoms with Crippen LogP contribution in [-0.2, 0) is 9.84 Å². The summed E-state index contributed by atoms with van der Waals surface area (Å²) >= 11 is 0. The van der Waals surface area contributed by atoms with Gasteiger partial charge in [0, 0.05) is 11.9 Å². The number of nitrogens with one attached hydrogen (secondary N) is 1. The molecule has 0 aromatic heterocycles. The molecule has 116 valence electrons. The first-order valence-electron chi connectivity index (χ1n) is 6.75. The van der Waals surface area contributed by atoms with Crippen LogP contribution in [0.5, 0.6) is 5.75 Å². The third-order valence-corrected chi connectivity index (χ3v) is 4.11. The van der Waals surface area contributed by atoms with Crippen molar-refractivity contribution < 1.29 is 17.9 Å². The molecule has 0 aliphatic heterocycles. The number of amides is 1. The van der Waals surface area contributed by atoms with Gasteiger partial charge in [0.2, 0.25) is 0 Å². The molecule has 2 aromatic rings. The lowest BCUT2D eigenvalue weighted by molar-refractivity contribution is 0.102. The quantitative estimate of drug-likeness (QED) is 0.920. The summed E-state index contributed by atoms with van der Waals surface area (Å²) < 4.78 is 28.8. The molecule has 0 fully saturated rings. The zero-order chi connectivity index (χ0) is 16.2. The number of rotatable bonds is 5. The topological polar surface area (TPSA) is 72.5 Å². The molecule has 2 aromatic carbocycles. The van der Waals surface area contributed by atoms with Crippen molar-refractivity contribution in [2.45, 2.75) is 11.8 Å². The minimum absolute atomic E-state index is 0.0124. The molecular weight excluding hydrogens is 302 g/mol. The Kier molecular flexibility index (Phi) is 4.82. The van der Waals surface area contributed by atoms with Gasteiger partial charge in [-0.3, -0.25) is 4.79 Å². The average Bonchev–Trinajstić information content (AvgIpc) is 2.48. The number of carbonyl (C=O) groups is 1. The second-order valence-electron chi connectivity index (χ2n) is 4.68. The van der Waals surface area contributed by atoms with Crippen LogP contribution in [0.25, 0.3) is 0 Å². The number of sulfone groups is 1. The van der Waals surface area contributed by atoms with Crippen LogP contribution in [0, 0.1) is 0 Å². The summed E-state index contributed by atoms with van der Waals surface area (Å²) in [5, 5.41) is 2.68. The van der Waals surface area contributed by atoms with Crippen LogP contribution in [0.3, 0.4) is 0 Å². The van der Waals surface area contributed by atoms with Crippen molar-refractivity contribution in [3.63, 3.8) is 0 Å². The zero-order valence-corrected chi connectivity index (χ0v) is 13.2. The van der Waals surface area contributed by atoms with E-state index in [1.54, 1.807) is 36.4 Å². The predicted molar refractivity (Wildman–Crippen MR) is 85.1 cm³/mol. The molecular formula is C16H17NO4S. The highest BCUT2D eigenvalue weighted by atomic mass is 32.2. The monoisotopic (exact) mass is 319 g/mol.